The number of aromatic amines is 1. The summed E-state index contributed by atoms with van der Waals surface area (Å²) in [5.41, 5.74) is 3.73. The van der Waals surface area contributed by atoms with Gasteiger partial charge in [0.15, 0.2) is 0 Å². The Hall–Kier alpha value is -1.55. The lowest BCUT2D eigenvalue weighted by molar-refractivity contribution is 0.708. The van der Waals surface area contributed by atoms with E-state index in [2.05, 4.69) is 21.0 Å². The van der Waals surface area contributed by atoms with Gasteiger partial charge >= 0.3 is 0 Å². The van der Waals surface area contributed by atoms with E-state index in [1.807, 2.05) is 12.3 Å². The Morgan fingerprint density at radius 1 is 1.21 bits per heavy atom. The monoisotopic (exact) mass is 271 g/mol. The van der Waals surface area contributed by atoms with E-state index in [0.717, 1.165) is 35.3 Å². The van der Waals surface area contributed by atoms with Gasteiger partial charge in [0.2, 0.25) is 0 Å². The summed E-state index contributed by atoms with van der Waals surface area (Å²) < 4.78 is 0.787. The molecule has 98 valence electrons. The van der Waals surface area contributed by atoms with Crippen molar-refractivity contribution in [2.75, 3.05) is 0 Å². The molecule has 3 rings (SSSR count). The maximum atomic E-state index is 5.46. The fourth-order valence-electron chi connectivity index (χ4n) is 2.63. The first-order chi connectivity index (χ1) is 9.33. The topological polar surface area (TPSA) is 41.6 Å². The number of fused-ring (bicyclic) bond motifs is 1. The number of hydrogen-bond acceptors (Lipinski definition) is 3. The molecule has 0 atom stereocenters. The number of rotatable bonds is 2. The van der Waals surface area contributed by atoms with E-state index in [4.69, 9.17) is 12.2 Å². The second-order valence-corrected chi connectivity index (χ2v) is 5.43. The summed E-state index contributed by atoms with van der Waals surface area (Å²) in [6.07, 6.45) is 10.4. The first-order valence-electron chi connectivity index (χ1n) is 6.83. The van der Waals surface area contributed by atoms with Crippen LogP contribution in [0.25, 0.3) is 0 Å². The number of nitrogens with one attached hydrogen (secondary N) is 1. The Morgan fingerprint density at radius 3 is 2.95 bits per heavy atom. The Kier molecular flexibility index (Phi) is 3.69. The molecule has 0 aromatic carbocycles. The van der Waals surface area contributed by atoms with Gasteiger partial charge in [-0.2, -0.15) is 0 Å². The van der Waals surface area contributed by atoms with Crippen molar-refractivity contribution in [3.05, 3.63) is 51.8 Å². The van der Waals surface area contributed by atoms with Crippen LogP contribution in [-0.4, -0.2) is 15.0 Å². The quantitative estimate of drug-likeness (QED) is 0.672. The lowest BCUT2D eigenvalue weighted by Gasteiger charge is -2.09. The Morgan fingerprint density at radius 2 is 2.11 bits per heavy atom. The van der Waals surface area contributed by atoms with E-state index in [1.54, 1.807) is 6.20 Å². The minimum Gasteiger partial charge on any atom is -0.347 e. The summed E-state index contributed by atoms with van der Waals surface area (Å²) in [7, 11) is 0. The molecule has 19 heavy (non-hydrogen) atoms. The molecule has 2 aromatic rings. The Balaban J connectivity index is 1.93. The molecule has 1 aliphatic rings. The molecule has 0 saturated carbocycles. The van der Waals surface area contributed by atoms with Crippen LogP contribution >= 0.6 is 12.2 Å². The van der Waals surface area contributed by atoms with Crippen LogP contribution in [0.3, 0.4) is 0 Å². The van der Waals surface area contributed by atoms with Crippen LogP contribution in [0.15, 0.2) is 24.5 Å². The summed E-state index contributed by atoms with van der Waals surface area (Å²) in [5.74, 6) is 0.957. The summed E-state index contributed by atoms with van der Waals surface area (Å²) in [4.78, 5) is 12.2. The molecular formula is C15H17N3S. The molecular weight excluding hydrogens is 254 g/mol. The largest absolute Gasteiger partial charge is 0.347 e. The predicted octanol–water partition coefficient (Wildman–Crippen LogP) is 3.39. The number of aromatic nitrogens is 3. The van der Waals surface area contributed by atoms with E-state index >= 15 is 0 Å². The lowest BCUT2D eigenvalue weighted by atomic mass is 10.1. The van der Waals surface area contributed by atoms with Gasteiger partial charge < -0.3 is 4.98 Å². The van der Waals surface area contributed by atoms with Crippen LogP contribution in [0.4, 0.5) is 0 Å². The third-order valence-electron chi connectivity index (χ3n) is 3.60. The zero-order valence-corrected chi connectivity index (χ0v) is 11.7. The fraction of sp³-hybridized carbons (Fsp3) is 0.400. The van der Waals surface area contributed by atoms with Gasteiger partial charge in [-0.1, -0.05) is 24.7 Å². The molecule has 0 unspecified atom stereocenters. The predicted molar refractivity (Wildman–Crippen MR) is 77.7 cm³/mol. The van der Waals surface area contributed by atoms with E-state index in [0.29, 0.717) is 0 Å². The van der Waals surface area contributed by atoms with E-state index in [-0.39, 0.29) is 0 Å². The minimum atomic E-state index is 0.769. The van der Waals surface area contributed by atoms with Gasteiger partial charge in [-0.05, 0) is 37.3 Å². The molecule has 0 spiro atoms. The number of H-pyrrole nitrogens is 1. The van der Waals surface area contributed by atoms with Crippen LogP contribution in [0.5, 0.6) is 0 Å². The zero-order valence-electron chi connectivity index (χ0n) is 10.9. The van der Waals surface area contributed by atoms with Crippen molar-refractivity contribution in [1.82, 2.24) is 15.0 Å². The fourth-order valence-corrected chi connectivity index (χ4v) is 2.96. The van der Waals surface area contributed by atoms with Crippen LogP contribution < -0.4 is 0 Å². The number of aryl methyl sites for hydroxylation is 1. The second kappa shape index (κ2) is 5.61. The Labute approximate surface area is 118 Å². The molecule has 1 N–H and O–H groups in total. The molecule has 4 heteroatoms. The highest BCUT2D eigenvalue weighted by atomic mass is 32.1. The van der Waals surface area contributed by atoms with Crippen LogP contribution in [0.1, 0.15) is 41.9 Å². The van der Waals surface area contributed by atoms with Gasteiger partial charge in [-0.25, -0.2) is 4.98 Å². The minimum absolute atomic E-state index is 0.769. The molecule has 0 fully saturated rings. The summed E-state index contributed by atoms with van der Waals surface area (Å²) in [6, 6.07) is 4.02. The van der Waals surface area contributed by atoms with Gasteiger partial charge in [0.05, 0.1) is 0 Å². The molecule has 2 heterocycles. The third-order valence-corrected chi connectivity index (χ3v) is 3.94. The number of hydrogen-bond donors (Lipinski definition) is 1. The van der Waals surface area contributed by atoms with Gasteiger partial charge in [0, 0.05) is 30.1 Å². The van der Waals surface area contributed by atoms with Crippen molar-refractivity contribution < 1.29 is 0 Å². The van der Waals surface area contributed by atoms with Crippen molar-refractivity contribution in [2.24, 2.45) is 0 Å². The molecule has 1 aliphatic carbocycles. The summed E-state index contributed by atoms with van der Waals surface area (Å²) in [6.45, 7) is 0. The lowest BCUT2D eigenvalue weighted by Crippen LogP contribution is -2.05. The van der Waals surface area contributed by atoms with Gasteiger partial charge in [0.1, 0.15) is 10.5 Å². The molecule has 0 bridgehead atoms. The standard InChI is InChI=1S/C15H17N3S/c19-15-12-6-2-1-3-7-13(12)17-14(18-15)9-11-5-4-8-16-10-11/h4-5,8,10H,1-3,6-7,9H2,(H,17,18,19). The SMILES string of the molecule is S=c1nc(Cc2cccnc2)[nH]c2c1CCCCC2. The zero-order chi connectivity index (χ0) is 13.1. The second-order valence-electron chi connectivity index (χ2n) is 5.04. The molecule has 0 radical (unpaired) electrons. The highest BCUT2D eigenvalue weighted by Crippen LogP contribution is 2.20. The van der Waals surface area contributed by atoms with E-state index in [1.165, 1.54) is 30.5 Å². The van der Waals surface area contributed by atoms with Crippen molar-refractivity contribution in [2.45, 2.75) is 38.5 Å². The van der Waals surface area contributed by atoms with Crippen LogP contribution in [0, 0.1) is 4.64 Å². The highest BCUT2D eigenvalue weighted by Gasteiger charge is 2.12. The maximum Gasteiger partial charge on any atom is 0.133 e. The van der Waals surface area contributed by atoms with Crippen molar-refractivity contribution >= 4 is 12.2 Å². The average Bonchev–Trinajstić information content (AvgIpc) is 2.65. The maximum absolute atomic E-state index is 5.46. The first-order valence-corrected chi connectivity index (χ1v) is 7.23. The molecule has 0 amide bonds. The third kappa shape index (κ3) is 2.89. The molecule has 3 nitrogen and oxygen atoms in total. The Bertz CT molecular complexity index is 619. The molecule has 2 aromatic heterocycles. The average molecular weight is 271 g/mol. The first kappa shape index (κ1) is 12.5. The van der Waals surface area contributed by atoms with E-state index < -0.39 is 0 Å². The highest BCUT2D eigenvalue weighted by molar-refractivity contribution is 7.71. The smallest absolute Gasteiger partial charge is 0.133 e. The normalized spacial score (nSPS) is 14.7. The van der Waals surface area contributed by atoms with Gasteiger partial charge in [0.25, 0.3) is 0 Å². The van der Waals surface area contributed by atoms with Gasteiger partial charge in [-0.3, -0.25) is 4.98 Å². The van der Waals surface area contributed by atoms with Crippen LogP contribution in [0.2, 0.25) is 0 Å². The summed E-state index contributed by atoms with van der Waals surface area (Å²) in [5, 5.41) is 0. The van der Waals surface area contributed by atoms with E-state index in [9.17, 15) is 0 Å². The van der Waals surface area contributed by atoms with Crippen molar-refractivity contribution in [3.63, 3.8) is 0 Å². The number of pyridine rings is 1. The van der Waals surface area contributed by atoms with Gasteiger partial charge in [-0.15, -0.1) is 0 Å². The van der Waals surface area contributed by atoms with Crippen molar-refractivity contribution in [1.29, 1.82) is 0 Å². The number of nitrogens with zero attached hydrogens (tertiary/aromatic N) is 2. The molecule has 0 aliphatic heterocycles. The summed E-state index contributed by atoms with van der Waals surface area (Å²) >= 11 is 5.46. The molecule has 0 saturated heterocycles. The van der Waals surface area contributed by atoms with Crippen LogP contribution in [-0.2, 0) is 19.3 Å². The van der Waals surface area contributed by atoms with Crippen molar-refractivity contribution in [3.8, 4) is 0 Å².